The van der Waals surface area contributed by atoms with Crippen LogP contribution in [0.4, 0.5) is 5.95 Å². The van der Waals surface area contributed by atoms with Crippen LogP contribution in [0.25, 0.3) is 0 Å². The van der Waals surface area contributed by atoms with Gasteiger partial charge in [0.2, 0.25) is 5.95 Å². The molecule has 14 heavy (non-hydrogen) atoms. The lowest BCUT2D eigenvalue weighted by Crippen LogP contribution is -2.19. The van der Waals surface area contributed by atoms with Crippen LogP contribution in [0.1, 0.15) is 18.2 Å². The summed E-state index contributed by atoms with van der Waals surface area (Å²) in [5.41, 5.74) is 5.72. The van der Waals surface area contributed by atoms with Gasteiger partial charge in [-0.3, -0.25) is 9.78 Å². The van der Waals surface area contributed by atoms with Gasteiger partial charge in [-0.15, -0.1) is 0 Å². The molecule has 2 rings (SSSR count). The number of nitrogens with zero attached hydrogens (tertiary/aromatic N) is 1. The van der Waals surface area contributed by atoms with Gasteiger partial charge in [-0.2, -0.15) is 0 Å². The largest absolute Gasteiger partial charge is 0.392 e. The Morgan fingerprint density at radius 1 is 1.64 bits per heavy atom. The molecule has 1 aromatic heterocycles. The van der Waals surface area contributed by atoms with Crippen molar-refractivity contribution in [3.63, 3.8) is 0 Å². The van der Waals surface area contributed by atoms with Gasteiger partial charge in [0, 0.05) is 12.6 Å². The molecule has 0 spiro atoms. The van der Waals surface area contributed by atoms with Gasteiger partial charge in [-0.25, -0.2) is 4.98 Å². The molecule has 1 aliphatic heterocycles. The first kappa shape index (κ1) is 9.17. The number of aromatic nitrogens is 2. The lowest BCUT2D eigenvalue weighted by Gasteiger charge is -2.08. The van der Waals surface area contributed by atoms with E-state index in [0.717, 1.165) is 0 Å². The fourth-order valence-corrected chi connectivity index (χ4v) is 1.62. The van der Waals surface area contributed by atoms with Crippen LogP contribution >= 0.6 is 0 Å². The second kappa shape index (κ2) is 3.39. The van der Waals surface area contributed by atoms with Crippen molar-refractivity contribution in [3.05, 3.63) is 22.1 Å². The molecule has 1 aromatic rings. The van der Waals surface area contributed by atoms with Gasteiger partial charge in [-0.05, 0) is 6.42 Å². The topological polar surface area (TPSA) is 104 Å². The van der Waals surface area contributed by atoms with E-state index >= 15 is 0 Å². The highest BCUT2D eigenvalue weighted by atomic mass is 16.3. The SMILES string of the molecule is Nc1nc(C2CC(O)CN2)cc(=O)[nH]1. The van der Waals surface area contributed by atoms with Crippen molar-refractivity contribution in [2.24, 2.45) is 0 Å². The smallest absolute Gasteiger partial charge is 0.252 e. The third-order valence-corrected chi connectivity index (χ3v) is 2.24. The van der Waals surface area contributed by atoms with Crippen molar-refractivity contribution in [1.29, 1.82) is 0 Å². The molecule has 1 fully saturated rings. The molecule has 1 saturated heterocycles. The highest BCUT2D eigenvalue weighted by molar-refractivity contribution is 5.20. The van der Waals surface area contributed by atoms with Gasteiger partial charge in [-0.1, -0.05) is 0 Å². The predicted molar refractivity (Wildman–Crippen MR) is 50.6 cm³/mol. The summed E-state index contributed by atoms with van der Waals surface area (Å²) < 4.78 is 0. The summed E-state index contributed by atoms with van der Waals surface area (Å²) in [5.74, 6) is 0.107. The van der Waals surface area contributed by atoms with Crippen molar-refractivity contribution in [2.45, 2.75) is 18.6 Å². The van der Waals surface area contributed by atoms with E-state index in [1.807, 2.05) is 0 Å². The third kappa shape index (κ3) is 1.75. The highest BCUT2D eigenvalue weighted by Crippen LogP contribution is 2.20. The number of hydrogen-bond acceptors (Lipinski definition) is 5. The summed E-state index contributed by atoms with van der Waals surface area (Å²) in [6, 6.07) is 1.32. The zero-order valence-electron chi connectivity index (χ0n) is 7.53. The number of H-pyrrole nitrogens is 1. The molecule has 0 radical (unpaired) electrons. The number of nitrogen functional groups attached to an aromatic ring is 1. The van der Waals surface area contributed by atoms with Crippen LogP contribution < -0.4 is 16.6 Å². The Morgan fingerprint density at radius 2 is 2.43 bits per heavy atom. The molecular weight excluding hydrogens is 184 g/mol. The monoisotopic (exact) mass is 196 g/mol. The molecule has 0 aromatic carbocycles. The minimum Gasteiger partial charge on any atom is -0.392 e. The van der Waals surface area contributed by atoms with Gasteiger partial charge in [0.1, 0.15) is 0 Å². The Kier molecular flexibility index (Phi) is 2.22. The number of anilines is 1. The maximum Gasteiger partial charge on any atom is 0.252 e. The first-order valence-corrected chi connectivity index (χ1v) is 4.43. The normalized spacial score (nSPS) is 26.6. The maximum absolute atomic E-state index is 11.1. The number of hydrogen-bond donors (Lipinski definition) is 4. The summed E-state index contributed by atoms with van der Waals surface area (Å²) in [4.78, 5) is 17.4. The number of aromatic amines is 1. The number of rotatable bonds is 1. The predicted octanol–water partition coefficient (Wildman–Crippen LogP) is -1.25. The van der Waals surface area contributed by atoms with E-state index in [1.165, 1.54) is 6.07 Å². The average molecular weight is 196 g/mol. The molecule has 0 amide bonds. The first-order valence-electron chi connectivity index (χ1n) is 4.43. The molecule has 76 valence electrons. The van der Waals surface area contributed by atoms with Crippen LogP contribution in [-0.4, -0.2) is 27.7 Å². The van der Waals surface area contributed by atoms with Crippen molar-refractivity contribution in [2.75, 3.05) is 12.3 Å². The molecule has 0 bridgehead atoms. The number of nitrogens with two attached hydrogens (primary N) is 1. The summed E-state index contributed by atoms with van der Waals surface area (Å²) in [6.07, 6.45) is 0.193. The fourth-order valence-electron chi connectivity index (χ4n) is 1.62. The van der Waals surface area contributed by atoms with Crippen LogP contribution in [0.5, 0.6) is 0 Å². The Balaban J connectivity index is 2.28. The molecular formula is C8H12N4O2. The van der Waals surface area contributed by atoms with Crippen LogP contribution in [0.2, 0.25) is 0 Å². The lowest BCUT2D eigenvalue weighted by molar-refractivity contribution is 0.193. The zero-order chi connectivity index (χ0) is 10.1. The number of β-amino-alcohol motifs (C(OH)–C–C–N with tert-alkyl or cyclic N) is 1. The Labute approximate surface area is 80.2 Å². The quantitative estimate of drug-likeness (QED) is 0.449. The van der Waals surface area contributed by atoms with E-state index in [1.54, 1.807) is 0 Å². The van der Waals surface area contributed by atoms with E-state index in [2.05, 4.69) is 15.3 Å². The zero-order valence-corrected chi connectivity index (χ0v) is 7.53. The van der Waals surface area contributed by atoms with Crippen molar-refractivity contribution in [1.82, 2.24) is 15.3 Å². The molecule has 2 atom stereocenters. The summed E-state index contributed by atoms with van der Waals surface area (Å²) in [6.45, 7) is 0.527. The summed E-state index contributed by atoms with van der Waals surface area (Å²) >= 11 is 0. The van der Waals surface area contributed by atoms with Crippen LogP contribution in [-0.2, 0) is 0 Å². The standard InChI is InChI=1S/C8H12N4O2/c9-8-11-6(2-7(14)12-8)5-1-4(13)3-10-5/h2,4-5,10,13H,1,3H2,(H3,9,11,12,14). The Morgan fingerprint density at radius 3 is 3.00 bits per heavy atom. The average Bonchev–Trinajstić information content (AvgIpc) is 2.50. The van der Waals surface area contributed by atoms with Crippen LogP contribution in [0.15, 0.2) is 10.9 Å². The molecule has 2 unspecified atom stereocenters. The molecule has 1 aliphatic rings. The van der Waals surface area contributed by atoms with Crippen LogP contribution in [0.3, 0.4) is 0 Å². The first-order chi connectivity index (χ1) is 6.65. The maximum atomic E-state index is 11.1. The van der Waals surface area contributed by atoms with Gasteiger partial charge in [0.25, 0.3) is 5.56 Å². The summed E-state index contributed by atoms with van der Waals surface area (Å²) in [5, 5.41) is 12.3. The summed E-state index contributed by atoms with van der Waals surface area (Å²) in [7, 11) is 0. The molecule has 6 nitrogen and oxygen atoms in total. The molecule has 0 aliphatic carbocycles. The van der Waals surface area contributed by atoms with E-state index < -0.39 is 0 Å². The van der Waals surface area contributed by atoms with E-state index in [9.17, 15) is 9.90 Å². The lowest BCUT2D eigenvalue weighted by atomic mass is 10.1. The Hall–Kier alpha value is -1.40. The van der Waals surface area contributed by atoms with Crippen molar-refractivity contribution in [3.8, 4) is 0 Å². The van der Waals surface area contributed by atoms with E-state index in [-0.39, 0.29) is 23.7 Å². The minimum atomic E-state index is -0.373. The number of nitrogens with one attached hydrogen (secondary N) is 2. The molecule has 5 N–H and O–H groups in total. The number of aliphatic hydroxyl groups excluding tert-OH is 1. The van der Waals surface area contributed by atoms with Crippen LogP contribution in [0, 0.1) is 0 Å². The van der Waals surface area contributed by atoms with E-state index in [0.29, 0.717) is 18.7 Å². The van der Waals surface area contributed by atoms with Gasteiger partial charge in [0.05, 0.1) is 17.8 Å². The Bertz CT molecular complexity index is 389. The van der Waals surface area contributed by atoms with Gasteiger partial charge in [0.15, 0.2) is 0 Å². The van der Waals surface area contributed by atoms with E-state index in [4.69, 9.17) is 5.73 Å². The number of aliphatic hydroxyl groups is 1. The third-order valence-electron chi connectivity index (χ3n) is 2.24. The highest BCUT2D eigenvalue weighted by Gasteiger charge is 2.24. The fraction of sp³-hybridized carbons (Fsp3) is 0.500. The molecule has 6 heteroatoms. The van der Waals surface area contributed by atoms with Crippen molar-refractivity contribution < 1.29 is 5.11 Å². The van der Waals surface area contributed by atoms with Gasteiger partial charge >= 0.3 is 0 Å². The minimum absolute atomic E-state index is 0.0744. The molecule has 2 heterocycles. The van der Waals surface area contributed by atoms with Crippen molar-refractivity contribution >= 4 is 5.95 Å². The molecule has 0 saturated carbocycles. The second-order valence-corrected chi connectivity index (χ2v) is 3.41. The van der Waals surface area contributed by atoms with Gasteiger partial charge < -0.3 is 16.2 Å². The second-order valence-electron chi connectivity index (χ2n) is 3.41.